The molecule has 1 N–H and O–H groups in total. The SMILES string of the molecule is CCN1C(=O)[C@H](CC(=O)Nc2ccccc2Cl)SC1=Nc1nc2ccccc2s1. The minimum Gasteiger partial charge on any atom is -0.325 e. The summed E-state index contributed by atoms with van der Waals surface area (Å²) in [5.41, 5.74) is 1.41. The average molecular weight is 445 g/mol. The van der Waals surface area contributed by atoms with E-state index in [2.05, 4.69) is 15.3 Å². The Morgan fingerprint density at radius 2 is 2.00 bits per heavy atom. The zero-order valence-electron chi connectivity index (χ0n) is 15.5. The topological polar surface area (TPSA) is 74.7 Å². The number of para-hydroxylation sites is 2. The number of carbonyl (C=O) groups excluding carboxylic acids is 2. The molecular weight excluding hydrogens is 428 g/mol. The molecule has 6 nitrogen and oxygen atoms in total. The lowest BCUT2D eigenvalue weighted by Gasteiger charge is -2.13. The molecule has 1 aliphatic heterocycles. The molecule has 148 valence electrons. The third-order valence-corrected chi connectivity index (χ3v) is 6.76. The van der Waals surface area contributed by atoms with E-state index in [0.29, 0.717) is 27.6 Å². The largest absolute Gasteiger partial charge is 0.325 e. The van der Waals surface area contributed by atoms with Gasteiger partial charge in [-0.15, -0.1) is 0 Å². The maximum Gasteiger partial charge on any atom is 0.242 e. The minimum atomic E-state index is -0.523. The number of carbonyl (C=O) groups is 2. The van der Waals surface area contributed by atoms with Crippen LogP contribution in [-0.4, -0.2) is 38.7 Å². The standard InChI is InChI=1S/C20H17ClN4O2S2/c1-2-25-18(27)16(11-17(26)22-13-8-4-3-7-12(13)21)29-20(25)24-19-23-14-9-5-6-10-15(14)28-19/h3-10,16H,2,11H2,1H3,(H,22,26)/t16-/m0/s1. The lowest BCUT2D eigenvalue weighted by Crippen LogP contribution is -2.33. The van der Waals surface area contributed by atoms with Gasteiger partial charge in [0, 0.05) is 13.0 Å². The third kappa shape index (κ3) is 4.29. The quantitative estimate of drug-likeness (QED) is 0.605. The smallest absolute Gasteiger partial charge is 0.242 e. The third-order valence-electron chi connectivity index (χ3n) is 4.33. The van der Waals surface area contributed by atoms with Crippen LogP contribution in [0, 0.1) is 0 Å². The number of anilines is 1. The molecule has 2 amide bonds. The molecule has 1 fully saturated rings. The van der Waals surface area contributed by atoms with Crippen LogP contribution in [0.5, 0.6) is 0 Å². The van der Waals surface area contributed by atoms with Crippen molar-refractivity contribution in [2.75, 3.05) is 11.9 Å². The van der Waals surface area contributed by atoms with Crippen LogP contribution in [0.1, 0.15) is 13.3 Å². The van der Waals surface area contributed by atoms with Gasteiger partial charge in [-0.25, -0.2) is 4.98 Å². The van der Waals surface area contributed by atoms with Crippen molar-refractivity contribution in [1.29, 1.82) is 0 Å². The number of nitrogens with zero attached hydrogens (tertiary/aromatic N) is 3. The van der Waals surface area contributed by atoms with E-state index >= 15 is 0 Å². The molecule has 2 aromatic carbocycles. The highest BCUT2D eigenvalue weighted by molar-refractivity contribution is 8.15. The summed E-state index contributed by atoms with van der Waals surface area (Å²) < 4.78 is 1.04. The van der Waals surface area contributed by atoms with Crippen LogP contribution in [0.15, 0.2) is 53.5 Å². The first kappa shape index (κ1) is 19.9. The molecule has 0 spiro atoms. The van der Waals surface area contributed by atoms with E-state index in [1.807, 2.05) is 31.2 Å². The molecule has 2 heterocycles. The second kappa shape index (κ2) is 8.52. The monoisotopic (exact) mass is 444 g/mol. The lowest BCUT2D eigenvalue weighted by atomic mass is 10.2. The number of aliphatic imine (C=N–C) groups is 1. The number of benzene rings is 2. The fourth-order valence-electron chi connectivity index (χ4n) is 2.94. The van der Waals surface area contributed by atoms with Crippen molar-refractivity contribution in [2.24, 2.45) is 4.99 Å². The Morgan fingerprint density at radius 1 is 1.24 bits per heavy atom. The number of thiazole rings is 1. The first-order valence-electron chi connectivity index (χ1n) is 9.02. The number of hydrogen-bond donors (Lipinski definition) is 1. The van der Waals surface area contributed by atoms with Crippen molar-refractivity contribution in [1.82, 2.24) is 9.88 Å². The number of nitrogens with one attached hydrogen (secondary N) is 1. The van der Waals surface area contributed by atoms with Gasteiger partial charge in [-0.1, -0.05) is 59.0 Å². The molecule has 29 heavy (non-hydrogen) atoms. The van der Waals surface area contributed by atoms with Gasteiger partial charge in [-0.05, 0) is 31.2 Å². The number of rotatable bonds is 5. The van der Waals surface area contributed by atoms with Crippen LogP contribution < -0.4 is 5.32 Å². The van der Waals surface area contributed by atoms with Gasteiger partial charge in [0.05, 0.1) is 20.9 Å². The molecule has 0 bridgehead atoms. The zero-order chi connectivity index (χ0) is 20.4. The first-order valence-corrected chi connectivity index (χ1v) is 11.1. The van der Waals surface area contributed by atoms with E-state index in [1.165, 1.54) is 23.1 Å². The molecule has 3 aromatic rings. The molecule has 1 aliphatic rings. The summed E-state index contributed by atoms with van der Waals surface area (Å²) in [6, 6.07) is 14.8. The molecule has 4 rings (SSSR count). The molecule has 1 aromatic heterocycles. The second-order valence-corrected chi connectivity index (χ2v) is 8.87. The van der Waals surface area contributed by atoms with Crippen LogP contribution in [-0.2, 0) is 9.59 Å². The van der Waals surface area contributed by atoms with E-state index in [1.54, 1.807) is 29.2 Å². The van der Waals surface area contributed by atoms with Gasteiger partial charge in [-0.2, -0.15) is 4.99 Å². The van der Waals surface area contributed by atoms with Gasteiger partial charge in [0.15, 0.2) is 5.17 Å². The van der Waals surface area contributed by atoms with E-state index in [9.17, 15) is 9.59 Å². The molecule has 0 aliphatic carbocycles. The fraction of sp³-hybridized carbons (Fsp3) is 0.200. The van der Waals surface area contributed by atoms with Crippen molar-refractivity contribution in [3.05, 3.63) is 53.6 Å². The number of thioether (sulfide) groups is 1. The van der Waals surface area contributed by atoms with Gasteiger partial charge in [0.2, 0.25) is 16.9 Å². The Balaban J connectivity index is 1.50. The Hall–Kier alpha value is -2.42. The minimum absolute atomic E-state index is 0.0457. The van der Waals surface area contributed by atoms with Crippen molar-refractivity contribution < 1.29 is 9.59 Å². The predicted molar refractivity (Wildman–Crippen MR) is 120 cm³/mol. The van der Waals surface area contributed by atoms with Gasteiger partial charge in [0.25, 0.3) is 0 Å². The van der Waals surface area contributed by atoms with Crippen LogP contribution in [0.3, 0.4) is 0 Å². The molecule has 0 saturated carbocycles. The molecule has 1 saturated heterocycles. The number of fused-ring (bicyclic) bond motifs is 1. The summed E-state index contributed by atoms with van der Waals surface area (Å²) >= 11 is 8.86. The van der Waals surface area contributed by atoms with E-state index in [-0.39, 0.29) is 18.2 Å². The maximum absolute atomic E-state index is 12.8. The van der Waals surface area contributed by atoms with Crippen molar-refractivity contribution in [2.45, 2.75) is 18.6 Å². The predicted octanol–water partition coefficient (Wildman–Crippen LogP) is 4.93. The summed E-state index contributed by atoms with van der Waals surface area (Å²) in [7, 11) is 0. The molecule has 0 unspecified atom stereocenters. The summed E-state index contributed by atoms with van der Waals surface area (Å²) in [6.45, 7) is 2.37. The fourth-order valence-corrected chi connectivity index (χ4v) is 5.22. The van der Waals surface area contributed by atoms with Gasteiger partial charge < -0.3 is 5.32 Å². The molecule has 0 radical (unpaired) electrons. The van der Waals surface area contributed by atoms with Gasteiger partial charge >= 0.3 is 0 Å². The second-order valence-electron chi connectivity index (χ2n) is 6.28. The van der Waals surface area contributed by atoms with Crippen LogP contribution >= 0.6 is 34.7 Å². The van der Waals surface area contributed by atoms with Crippen LogP contribution in [0.25, 0.3) is 10.2 Å². The van der Waals surface area contributed by atoms with E-state index in [0.717, 1.165) is 10.2 Å². The number of amides is 2. The average Bonchev–Trinajstić information content (AvgIpc) is 3.24. The summed E-state index contributed by atoms with van der Waals surface area (Å²) in [4.78, 5) is 35.9. The Bertz CT molecular complexity index is 1080. The summed E-state index contributed by atoms with van der Waals surface area (Å²) in [6.07, 6.45) is 0.0457. The Labute approximate surface area is 181 Å². The van der Waals surface area contributed by atoms with Crippen LogP contribution in [0.2, 0.25) is 5.02 Å². The molecular formula is C20H17ClN4O2S2. The van der Waals surface area contributed by atoms with Crippen molar-refractivity contribution >= 4 is 72.7 Å². The Kier molecular flexibility index (Phi) is 5.84. The number of amidine groups is 1. The maximum atomic E-state index is 12.8. The van der Waals surface area contributed by atoms with Crippen LogP contribution in [0.4, 0.5) is 10.8 Å². The first-order chi connectivity index (χ1) is 14.0. The number of aromatic nitrogens is 1. The highest BCUT2D eigenvalue weighted by Gasteiger charge is 2.38. The number of halogens is 1. The van der Waals surface area contributed by atoms with Crippen molar-refractivity contribution in [3.63, 3.8) is 0 Å². The normalized spacial score (nSPS) is 18.0. The molecule has 1 atom stereocenters. The van der Waals surface area contributed by atoms with Gasteiger partial charge in [0.1, 0.15) is 5.25 Å². The highest BCUT2D eigenvalue weighted by atomic mass is 35.5. The molecule has 9 heteroatoms. The summed E-state index contributed by atoms with van der Waals surface area (Å²) in [5.74, 6) is -0.382. The zero-order valence-corrected chi connectivity index (χ0v) is 17.9. The highest BCUT2D eigenvalue weighted by Crippen LogP contribution is 2.34. The van der Waals surface area contributed by atoms with E-state index in [4.69, 9.17) is 11.6 Å². The number of hydrogen-bond acceptors (Lipinski definition) is 6. The van der Waals surface area contributed by atoms with Crippen molar-refractivity contribution in [3.8, 4) is 0 Å². The van der Waals surface area contributed by atoms with E-state index < -0.39 is 5.25 Å². The van der Waals surface area contributed by atoms with Gasteiger partial charge in [-0.3, -0.25) is 14.5 Å². The Morgan fingerprint density at radius 3 is 2.76 bits per heavy atom. The lowest BCUT2D eigenvalue weighted by molar-refractivity contribution is -0.128. The summed E-state index contributed by atoms with van der Waals surface area (Å²) in [5, 5.41) is 3.88.